The fraction of sp³-hybridized carbons (Fsp3) is 0.417. The van der Waals surface area contributed by atoms with E-state index in [9.17, 15) is 4.79 Å². The summed E-state index contributed by atoms with van der Waals surface area (Å²) in [6.45, 7) is 10.5. The van der Waals surface area contributed by atoms with Gasteiger partial charge < -0.3 is 25.4 Å². The van der Waals surface area contributed by atoms with Crippen molar-refractivity contribution in [2.24, 2.45) is 4.99 Å². The van der Waals surface area contributed by atoms with E-state index in [1.54, 1.807) is 7.05 Å². The number of ether oxygens (including phenoxy) is 2. The Bertz CT molecular complexity index is 872. The highest BCUT2D eigenvalue weighted by atomic mass is 127. The van der Waals surface area contributed by atoms with E-state index in [-0.39, 0.29) is 35.9 Å². The first-order chi connectivity index (χ1) is 15.0. The van der Waals surface area contributed by atoms with Crippen molar-refractivity contribution in [3.8, 4) is 11.5 Å². The molecule has 176 valence electrons. The number of carbonyl (C=O) groups excluding carboxylic acids is 1. The number of carbonyl (C=O) groups is 1. The Hall–Kier alpha value is -2.49. The van der Waals surface area contributed by atoms with Crippen molar-refractivity contribution in [2.75, 3.05) is 26.8 Å². The van der Waals surface area contributed by atoms with Crippen molar-refractivity contribution >= 4 is 35.8 Å². The second-order valence-electron chi connectivity index (χ2n) is 6.91. The Morgan fingerprint density at radius 3 is 2.25 bits per heavy atom. The number of aliphatic imine (C=N–C) groups is 1. The van der Waals surface area contributed by atoms with Gasteiger partial charge in [-0.05, 0) is 63.1 Å². The van der Waals surface area contributed by atoms with Crippen LogP contribution in [0.25, 0.3) is 0 Å². The van der Waals surface area contributed by atoms with E-state index < -0.39 is 0 Å². The van der Waals surface area contributed by atoms with E-state index in [4.69, 9.17) is 9.47 Å². The van der Waals surface area contributed by atoms with Crippen LogP contribution in [0.4, 0.5) is 0 Å². The molecule has 0 aliphatic rings. The fourth-order valence-electron chi connectivity index (χ4n) is 3.02. The number of nitrogens with one attached hydrogen (secondary N) is 3. The second kappa shape index (κ2) is 14.5. The average Bonchev–Trinajstić information content (AvgIpc) is 2.78. The maximum Gasteiger partial charge on any atom is 0.251 e. The number of nitrogens with zero attached hydrogens (tertiary/aromatic N) is 1. The molecule has 0 heterocycles. The van der Waals surface area contributed by atoms with Crippen LogP contribution in [0.5, 0.6) is 11.5 Å². The molecule has 0 saturated heterocycles. The Kier molecular flexibility index (Phi) is 12.5. The topological polar surface area (TPSA) is 84.0 Å². The predicted molar refractivity (Wildman–Crippen MR) is 140 cm³/mol. The maximum absolute atomic E-state index is 11.7. The van der Waals surface area contributed by atoms with Crippen LogP contribution in [-0.2, 0) is 6.54 Å². The van der Waals surface area contributed by atoms with Crippen LogP contribution in [0.3, 0.4) is 0 Å². The fourth-order valence-corrected chi connectivity index (χ4v) is 3.02. The first-order valence-electron chi connectivity index (χ1n) is 10.8. The molecule has 0 aliphatic heterocycles. The zero-order valence-electron chi connectivity index (χ0n) is 19.5. The smallest absolute Gasteiger partial charge is 0.251 e. The Labute approximate surface area is 208 Å². The average molecular weight is 554 g/mol. The molecule has 0 aromatic heterocycles. The predicted octanol–water partition coefficient (Wildman–Crippen LogP) is 4.28. The van der Waals surface area contributed by atoms with Crippen LogP contribution in [0.15, 0.2) is 47.5 Å². The number of hydrogen-bond donors (Lipinski definition) is 3. The molecule has 1 unspecified atom stereocenters. The number of amides is 1. The highest BCUT2D eigenvalue weighted by Gasteiger charge is 2.12. The molecule has 2 aromatic rings. The molecule has 2 rings (SSSR count). The molecule has 8 heteroatoms. The third-order valence-corrected chi connectivity index (χ3v) is 4.63. The third-order valence-electron chi connectivity index (χ3n) is 4.63. The minimum Gasteiger partial charge on any atom is -0.490 e. The molecule has 0 spiro atoms. The summed E-state index contributed by atoms with van der Waals surface area (Å²) in [4.78, 5) is 16.4. The quantitative estimate of drug-likeness (QED) is 0.232. The Morgan fingerprint density at radius 1 is 1.00 bits per heavy atom. The number of hydrogen-bond acceptors (Lipinski definition) is 4. The lowest BCUT2D eigenvalue weighted by atomic mass is 10.1. The minimum atomic E-state index is -0.0966. The van der Waals surface area contributed by atoms with Crippen LogP contribution in [0.2, 0.25) is 0 Å². The molecule has 0 saturated carbocycles. The summed E-state index contributed by atoms with van der Waals surface area (Å²) in [6, 6.07) is 13.5. The van der Waals surface area contributed by atoms with E-state index in [1.807, 2.05) is 63.2 Å². The Balaban J connectivity index is 0.00000512. The molecule has 1 amide bonds. The third kappa shape index (κ3) is 8.22. The van der Waals surface area contributed by atoms with Crippen molar-refractivity contribution in [1.29, 1.82) is 0 Å². The number of guanidine groups is 1. The molecule has 0 aliphatic carbocycles. The van der Waals surface area contributed by atoms with Crippen LogP contribution < -0.4 is 25.4 Å². The number of benzene rings is 2. The van der Waals surface area contributed by atoms with E-state index in [0.717, 1.165) is 35.1 Å². The van der Waals surface area contributed by atoms with Crippen LogP contribution in [-0.4, -0.2) is 38.7 Å². The van der Waals surface area contributed by atoms with Gasteiger partial charge in [-0.15, -0.1) is 24.0 Å². The lowest BCUT2D eigenvalue weighted by Crippen LogP contribution is -2.38. The van der Waals surface area contributed by atoms with Gasteiger partial charge in [-0.1, -0.05) is 18.2 Å². The first kappa shape index (κ1) is 27.5. The van der Waals surface area contributed by atoms with Gasteiger partial charge in [-0.2, -0.15) is 0 Å². The summed E-state index contributed by atoms with van der Waals surface area (Å²) in [5.41, 5.74) is 2.74. The highest BCUT2D eigenvalue weighted by Crippen LogP contribution is 2.30. The molecule has 2 aromatic carbocycles. The first-order valence-corrected chi connectivity index (χ1v) is 10.8. The van der Waals surface area contributed by atoms with Gasteiger partial charge in [0, 0.05) is 19.2 Å². The van der Waals surface area contributed by atoms with E-state index in [1.165, 1.54) is 0 Å². The zero-order valence-corrected chi connectivity index (χ0v) is 21.9. The van der Waals surface area contributed by atoms with Crippen molar-refractivity contribution in [1.82, 2.24) is 16.0 Å². The lowest BCUT2D eigenvalue weighted by Gasteiger charge is -2.20. The normalized spacial score (nSPS) is 11.7. The largest absolute Gasteiger partial charge is 0.490 e. The summed E-state index contributed by atoms with van der Waals surface area (Å²) in [5.74, 6) is 2.12. The van der Waals surface area contributed by atoms with Crippen LogP contribution in [0, 0.1) is 0 Å². The van der Waals surface area contributed by atoms with Gasteiger partial charge in [0.2, 0.25) is 0 Å². The van der Waals surface area contributed by atoms with Crippen molar-refractivity contribution in [3.63, 3.8) is 0 Å². The van der Waals surface area contributed by atoms with E-state index in [2.05, 4.69) is 27.9 Å². The SMILES string of the molecule is CCNC(=NCc1ccc(C(=O)NC)cc1)NC(C)c1ccc(OCC)c(OCC)c1.I. The number of rotatable bonds is 10. The monoisotopic (exact) mass is 554 g/mol. The van der Waals surface area contributed by atoms with Gasteiger partial charge >= 0.3 is 0 Å². The summed E-state index contributed by atoms with van der Waals surface area (Å²) >= 11 is 0. The number of halogens is 1. The molecule has 3 N–H and O–H groups in total. The van der Waals surface area contributed by atoms with E-state index in [0.29, 0.717) is 25.3 Å². The molecule has 7 nitrogen and oxygen atoms in total. The van der Waals surface area contributed by atoms with Gasteiger partial charge in [0.25, 0.3) is 5.91 Å². The van der Waals surface area contributed by atoms with Gasteiger partial charge in [0.15, 0.2) is 17.5 Å². The molecule has 0 bridgehead atoms. The van der Waals surface area contributed by atoms with Gasteiger partial charge in [-0.25, -0.2) is 4.99 Å². The standard InChI is InChI=1S/C24H34N4O3.HI/c1-6-26-24(27-16-18-9-11-19(12-10-18)23(29)25-5)28-17(4)20-13-14-21(30-7-2)22(15-20)31-8-3;/h9-15,17H,6-8,16H2,1-5H3,(H,25,29)(H2,26,27,28);1H. The molecule has 0 radical (unpaired) electrons. The van der Waals surface area contributed by atoms with Crippen LogP contribution in [0.1, 0.15) is 55.2 Å². The highest BCUT2D eigenvalue weighted by molar-refractivity contribution is 14.0. The van der Waals surface area contributed by atoms with Crippen molar-refractivity contribution in [2.45, 2.75) is 40.3 Å². The van der Waals surface area contributed by atoms with Gasteiger partial charge in [0.05, 0.1) is 25.8 Å². The summed E-state index contributed by atoms with van der Waals surface area (Å²) in [5, 5.41) is 9.35. The second-order valence-corrected chi connectivity index (χ2v) is 6.91. The molecule has 32 heavy (non-hydrogen) atoms. The summed E-state index contributed by atoms with van der Waals surface area (Å²) in [7, 11) is 1.62. The van der Waals surface area contributed by atoms with E-state index >= 15 is 0 Å². The molecule has 1 atom stereocenters. The minimum absolute atomic E-state index is 0. The molecule has 0 fully saturated rings. The van der Waals surface area contributed by atoms with Gasteiger partial charge in [0.1, 0.15) is 0 Å². The summed E-state index contributed by atoms with van der Waals surface area (Å²) in [6.07, 6.45) is 0. The summed E-state index contributed by atoms with van der Waals surface area (Å²) < 4.78 is 11.4. The Morgan fingerprint density at radius 2 is 1.66 bits per heavy atom. The molecular weight excluding hydrogens is 519 g/mol. The van der Waals surface area contributed by atoms with Crippen LogP contribution >= 0.6 is 24.0 Å². The molecular formula is C24H35IN4O3. The zero-order chi connectivity index (χ0) is 22.6. The van der Waals surface area contributed by atoms with Crippen molar-refractivity contribution in [3.05, 3.63) is 59.2 Å². The maximum atomic E-state index is 11.7. The van der Waals surface area contributed by atoms with Crippen molar-refractivity contribution < 1.29 is 14.3 Å². The lowest BCUT2D eigenvalue weighted by molar-refractivity contribution is 0.0963. The van der Waals surface area contributed by atoms with Gasteiger partial charge in [-0.3, -0.25) is 4.79 Å².